The molecule has 2 aliphatic rings. The van der Waals surface area contributed by atoms with Gasteiger partial charge in [-0.3, -0.25) is 9.78 Å². The molecular weight excluding hydrogens is 336 g/mol. The fourth-order valence-electron chi connectivity index (χ4n) is 3.73. The molecule has 1 aromatic heterocycles. The Morgan fingerprint density at radius 1 is 1.36 bits per heavy atom. The van der Waals surface area contributed by atoms with Crippen molar-refractivity contribution in [2.75, 3.05) is 19.6 Å². The zero-order valence-corrected chi connectivity index (χ0v) is 14.6. The number of fused-ring (bicyclic) bond motifs is 2. The second kappa shape index (κ2) is 6.62. The van der Waals surface area contributed by atoms with Crippen LogP contribution in [0.25, 0.3) is 10.9 Å². The molecule has 1 saturated heterocycles. The molecule has 5 nitrogen and oxygen atoms in total. The van der Waals surface area contributed by atoms with E-state index in [2.05, 4.69) is 11.4 Å². The van der Waals surface area contributed by atoms with E-state index in [1.807, 2.05) is 12.1 Å². The summed E-state index contributed by atoms with van der Waals surface area (Å²) in [6.07, 6.45) is 4.19. The van der Waals surface area contributed by atoms with Crippen molar-refractivity contribution < 1.29 is 4.79 Å². The number of halogens is 1. The number of aryl methyl sites for hydroxylation is 1. The number of amides is 1. The molecule has 0 spiro atoms. The Kier molecular flexibility index (Phi) is 4.32. The normalized spacial score (nSPS) is 20.2. The summed E-state index contributed by atoms with van der Waals surface area (Å²) in [5.74, 6) is -0.120. The van der Waals surface area contributed by atoms with Gasteiger partial charge in [-0.15, -0.1) is 0 Å². The van der Waals surface area contributed by atoms with Crippen LogP contribution in [0.4, 0.5) is 0 Å². The fraction of sp³-hybridized carbons (Fsp3) is 0.421. The molecule has 0 saturated carbocycles. The number of nitriles is 1. The maximum absolute atomic E-state index is 12.9. The number of nitrogens with zero attached hydrogens (tertiary/aromatic N) is 3. The summed E-state index contributed by atoms with van der Waals surface area (Å²) < 4.78 is 0. The van der Waals surface area contributed by atoms with Gasteiger partial charge in [-0.25, -0.2) is 0 Å². The first-order valence-corrected chi connectivity index (χ1v) is 9.09. The molecule has 1 fully saturated rings. The molecule has 1 amide bonds. The minimum absolute atomic E-state index is 0.120. The number of nitrogens with one attached hydrogen (secondary N) is 1. The number of benzene rings is 1. The van der Waals surface area contributed by atoms with Crippen molar-refractivity contribution in [1.82, 2.24) is 15.2 Å². The van der Waals surface area contributed by atoms with E-state index in [1.54, 1.807) is 11.0 Å². The van der Waals surface area contributed by atoms with Gasteiger partial charge in [0, 0.05) is 36.3 Å². The van der Waals surface area contributed by atoms with Crippen molar-refractivity contribution >= 4 is 28.4 Å². The van der Waals surface area contributed by atoms with Gasteiger partial charge in [0.15, 0.2) is 0 Å². The third kappa shape index (κ3) is 2.86. The molecule has 1 unspecified atom stereocenters. The number of rotatable bonds is 1. The van der Waals surface area contributed by atoms with Crippen LogP contribution in [-0.2, 0) is 12.8 Å². The Balaban J connectivity index is 1.74. The summed E-state index contributed by atoms with van der Waals surface area (Å²) in [7, 11) is 0. The molecule has 1 aliphatic heterocycles. The molecule has 1 atom stereocenters. The highest BCUT2D eigenvalue weighted by Crippen LogP contribution is 2.33. The van der Waals surface area contributed by atoms with Crippen LogP contribution in [0, 0.1) is 11.3 Å². The maximum Gasteiger partial charge on any atom is 0.255 e. The Morgan fingerprint density at radius 2 is 2.20 bits per heavy atom. The largest absolute Gasteiger partial charge is 0.320 e. The topological polar surface area (TPSA) is 69.0 Å². The second-order valence-electron chi connectivity index (χ2n) is 6.64. The van der Waals surface area contributed by atoms with Gasteiger partial charge < -0.3 is 10.2 Å². The number of aromatic nitrogens is 1. The van der Waals surface area contributed by atoms with Gasteiger partial charge in [0.05, 0.1) is 16.6 Å². The third-order valence-electron chi connectivity index (χ3n) is 5.09. The molecule has 1 aliphatic carbocycles. The van der Waals surface area contributed by atoms with Gasteiger partial charge in [0.2, 0.25) is 0 Å². The lowest BCUT2D eigenvalue weighted by Crippen LogP contribution is -2.53. The van der Waals surface area contributed by atoms with Crippen molar-refractivity contribution in [3.05, 3.63) is 40.0 Å². The van der Waals surface area contributed by atoms with E-state index >= 15 is 0 Å². The lowest BCUT2D eigenvalue weighted by molar-refractivity contribution is 0.0687. The highest BCUT2D eigenvalue weighted by atomic mass is 35.5. The summed E-state index contributed by atoms with van der Waals surface area (Å²) in [6, 6.07) is 7.26. The Bertz CT molecular complexity index is 889. The number of pyridine rings is 1. The summed E-state index contributed by atoms with van der Waals surface area (Å²) in [4.78, 5) is 19.3. The highest BCUT2D eigenvalue weighted by Gasteiger charge is 2.27. The lowest BCUT2D eigenvalue weighted by atomic mass is 9.94. The number of piperazine rings is 1. The molecule has 6 heteroatoms. The van der Waals surface area contributed by atoms with Crippen molar-refractivity contribution in [2.24, 2.45) is 0 Å². The van der Waals surface area contributed by atoms with E-state index in [0.29, 0.717) is 25.2 Å². The predicted octanol–water partition coefficient (Wildman–Crippen LogP) is 2.70. The summed E-state index contributed by atoms with van der Waals surface area (Å²) >= 11 is 6.60. The molecule has 0 radical (unpaired) electrons. The van der Waals surface area contributed by atoms with E-state index < -0.39 is 6.04 Å². The molecule has 2 heterocycles. The summed E-state index contributed by atoms with van der Waals surface area (Å²) in [5.41, 5.74) is 3.55. The first-order chi connectivity index (χ1) is 12.2. The number of carbonyl (C=O) groups is 1. The van der Waals surface area contributed by atoms with E-state index in [1.165, 1.54) is 0 Å². The molecule has 1 N–H and O–H groups in total. The standard InChI is InChI=1S/C19H19ClN4O/c20-18-14-3-1-2-4-16(14)23-17-9-12(5-6-15(17)18)19(25)24-8-7-22-11-13(24)10-21/h5-6,9,13,22H,1-4,7-8,11H2. The second-order valence-corrected chi connectivity index (χ2v) is 7.02. The smallest absolute Gasteiger partial charge is 0.255 e. The zero-order chi connectivity index (χ0) is 17.4. The highest BCUT2D eigenvalue weighted by molar-refractivity contribution is 6.36. The average Bonchev–Trinajstić information content (AvgIpc) is 2.67. The molecular formula is C19H19ClN4O. The van der Waals surface area contributed by atoms with Crippen molar-refractivity contribution in [1.29, 1.82) is 5.26 Å². The van der Waals surface area contributed by atoms with Crippen LogP contribution in [0.5, 0.6) is 0 Å². The van der Waals surface area contributed by atoms with E-state index in [0.717, 1.165) is 52.9 Å². The zero-order valence-electron chi connectivity index (χ0n) is 13.9. The minimum Gasteiger partial charge on any atom is -0.320 e. The Labute approximate surface area is 151 Å². The van der Waals surface area contributed by atoms with Crippen LogP contribution in [0.3, 0.4) is 0 Å². The average molecular weight is 355 g/mol. The molecule has 128 valence electrons. The summed E-state index contributed by atoms with van der Waals surface area (Å²) in [6.45, 7) is 1.75. The van der Waals surface area contributed by atoms with Crippen LogP contribution < -0.4 is 5.32 Å². The van der Waals surface area contributed by atoms with Crippen LogP contribution >= 0.6 is 11.6 Å². The van der Waals surface area contributed by atoms with Gasteiger partial charge in [-0.1, -0.05) is 17.7 Å². The quantitative estimate of drug-likeness (QED) is 0.854. The van der Waals surface area contributed by atoms with Gasteiger partial charge in [-0.05, 0) is 43.4 Å². The first kappa shape index (κ1) is 16.3. The molecule has 1 aromatic carbocycles. The van der Waals surface area contributed by atoms with Gasteiger partial charge in [0.25, 0.3) is 5.91 Å². The van der Waals surface area contributed by atoms with Crippen molar-refractivity contribution in [3.8, 4) is 6.07 Å². The lowest BCUT2D eigenvalue weighted by Gasteiger charge is -2.32. The van der Waals surface area contributed by atoms with Crippen LogP contribution in [0.15, 0.2) is 18.2 Å². The van der Waals surface area contributed by atoms with Crippen LogP contribution in [0.1, 0.15) is 34.5 Å². The van der Waals surface area contributed by atoms with E-state index in [4.69, 9.17) is 16.6 Å². The SMILES string of the molecule is N#CC1CNCCN1C(=O)c1ccc2c(Cl)c3c(nc2c1)CCCC3. The number of carbonyl (C=O) groups excluding carboxylic acids is 1. The first-order valence-electron chi connectivity index (χ1n) is 8.71. The summed E-state index contributed by atoms with van der Waals surface area (Å²) in [5, 5.41) is 14.1. The number of hydrogen-bond acceptors (Lipinski definition) is 4. The molecule has 2 aromatic rings. The minimum atomic E-state index is -0.433. The number of hydrogen-bond donors (Lipinski definition) is 1. The third-order valence-corrected chi connectivity index (χ3v) is 5.53. The van der Waals surface area contributed by atoms with Crippen molar-refractivity contribution in [2.45, 2.75) is 31.7 Å². The van der Waals surface area contributed by atoms with E-state index in [9.17, 15) is 10.1 Å². The van der Waals surface area contributed by atoms with Crippen LogP contribution in [0.2, 0.25) is 5.02 Å². The monoisotopic (exact) mass is 354 g/mol. The molecule has 0 bridgehead atoms. The van der Waals surface area contributed by atoms with Gasteiger partial charge in [0.1, 0.15) is 6.04 Å². The maximum atomic E-state index is 12.9. The van der Waals surface area contributed by atoms with Gasteiger partial charge in [-0.2, -0.15) is 5.26 Å². The Morgan fingerprint density at radius 3 is 3.04 bits per heavy atom. The fourth-order valence-corrected chi connectivity index (χ4v) is 4.09. The van der Waals surface area contributed by atoms with Gasteiger partial charge >= 0.3 is 0 Å². The Hall–Kier alpha value is -2.16. The van der Waals surface area contributed by atoms with E-state index in [-0.39, 0.29) is 5.91 Å². The predicted molar refractivity (Wildman–Crippen MR) is 96.7 cm³/mol. The molecule has 4 rings (SSSR count). The van der Waals surface area contributed by atoms with Crippen molar-refractivity contribution in [3.63, 3.8) is 0 Å². The van der Waals surface area contributed by atoms with Crippen LogP contribution in [-0.4, -0.2) is 41.5 Å². The molecule has 25 heavy (non-hydrogen) atoms.